The van der Waals surface area contributed by atoms with Gasteiger partial charge in [-0.2, -0.15) is 0 Å². The zero-order chi connectivity index (χ0) is 12.1. The van der Waals surface area contributed by atoms with E-state index in [0.29, 0.717) is 5.92 Å². The first-order valence-corrected chi connectivity index (χ1v) is 6.22. The van der Waals surface area contributed by atoms with Crippen molar-refractivity contribution in [2.75, 3.05) is 6.54 Å². The third kappa shape index (κ3) is 3.76. The van der Waals surface area contributed by atoms with Gasteiger partial charge in [-0.25, -0.2) is 0 Å². The van der Waals surface area contributed by atoms with Gasteiger partial charge in [-0.1, -0.05) is 6.92 Å². The molecule has 1 rings (SSSR count). The van der Waals surface area contributed by atoms with E-state index in [1.807, 2.05) is 20.8 Å². The lowest BCUT2D eigenvalue weighted by Crippen LogP contribution is -2.44. The summed E-state index contributed by atoms with van der Waals surface area (Å²) in [5.41, 5.74) is 5.54. The number of carbonyl (C=O) groups excluding carboxylic acids is 1. The molecule has 1 aliphatic rings. The van der Waals surface area contributed by atoms with Crippen LogP contribution < -0.4 is 11.1 Å². The fraction of sp³-hybridized carbons (Fsp3) is 0.917. The molecule has 16 heavy (non-hydrogen) atoms. The smallest absolute Gasteiger partial charge is 0.249 e. The molecule has 3 N–H and O–H groups in total. The molecule has 1 aliphatic carbocycles. The Morgan fingerprint density at radius 3 is 2.62 bits per heavy atom. The fourth-order valence-electron chi connectivity index (χ4n) is 1.79. The number of rotatable bonds is 6. The van der Waals surface area contributed by atoms with Gasteiger partial charge in [0.05, 0.1) is 6.10 Å². The van der Waals surface area contributed by atoms with Gasteiger partial charge in [0.15, 0.2) is 0 Å². The summed E-state index contributed by atoms with van der Waals surface area (Å²) in [7, 11) is 0. The third-order valence-corrected chi connectivity index (χ3v) is 3.29. The Bertz CT molecular complexity index is 227. The number of hydrogen-bond donors (Lipinski definition) is 2. The van der Waals surface area contributed by atoms with Crippen LogP contribution >= 0.6 is 0 Å². The predicted octanol–water partition coefficient (Wildman–Crippen LogP) is 1.04. The fourth-order valence-corrected chi connectivity index (χ4v) is 1.79. The summed E-state index contributed by atoms with van der Waals surface area (Å²) >= 11 is 0. The maximum atomic E-state index is 11.7. The molecule has 0 aromatic rings. The van der Waals surface area contributed by atoms with Gasteiger partial charge >= 0.3 is 0 Å². The molecule has 0 saturated heterocycles. The highest BCUT2D eigenvalue weighted by Crippen LogP contribution is 2.29. The Kier molecular flexibility index (Phi) is 5.22. The second-order valence-electron chi connectivity index (χ2n) is 4.79. The number of carbonyl (C=O) groups is 1. The molecule has 1 amide bonds. The van der Waals surface area contributed by atoms with E-state index < -0.39 is 0 Å². The van der Waals surface area contributed by atoms with Crippen LogP contribution in [0.5, 0.6) is 0 Å². The summed E-state index contributed by atoms with van der Waals surface area (Å²) in [6, 6.07) is 0.219. The van der Waals surface area contributed by atoms with Gasteiger partial charge < -0.3 is 15.8 Å². The highest BCUT2D eigenvalue weighted by molar-refractivity contribution is 5.80. The largest absolute Gasteiger partial charge is 0.365 e. The van der Waals surface area contributed by atoms with E-state index >= 15 is 0 Å². The Balaban J connectivity index is 2.19. The van der Waals surface area contributed by atoms with Crippen molar-refractivity contribution < 1.29 is 9.53 Å². The van der Waals surface area contributed by atoms with E-state index in [2.05, 4.69) is 5.32 Å². The highest BCUT2D eigenvalue weighted by Gasteiger charge is 2.31. The predicted molar refractivity (Wildman–Crippen MR) is 64.0 cm³/mol. The maximum Gasteiger partial charge on any atom is 0.249 e. The lowest BCUT2D eigenvalue weighted by Gasteiger charge is -2.35. The second kappa shape index (κ2) is 6.21. The van der Waals surface area contributed by atoms with Crippen molar-refractivity contribution in [3.63, 3.8) is 0 Å². The standard InChI is InChI=1S/C12H24N2O2/c1-4-8(2)14-12(15)9(3)16-11-5-10(6-11)7-13/h8-11H,4-7,13H2,1-3H3,(H,14,15). The minimum Gasteiger partial charge on any atom is -0.365 e. The first-order valence-electron chi connectivity index (χ1n) is 6.22. The quantitative estimate of drug-likeness (QED) is 0.714. The van der Waals surface area contributed by atoms with Crippen LogP contribution in [0.4, 0.5) is 0 Å². The molecule has 4 nitrogen and oxygen atoms in total. The summed E-state index contributed by atoms with van der Waals surface area (Å²) in [6.07, 6.45) is 2.82. The van der Waals surface area contributed by atoms with Gasteiger partial charge in [-0.3, -0.25) is 4.79 Å². The average Bonchev–Trinajstić information content (AvgIpc) is 2.21. The third-order valence-electron chi connectivity index (χ3n) is 3.29. The Hall–Kier alpha value is -0.610. The Morgan fingerprint density at radius 2 is 2.12 bits per heavy atom. The molecule has 1 fully saturated rings. The molecular formula is C12H24N2O2. The van der Waals surface area contributed by atoms with Gasteiger partial charge in [0.25, 0.3) is 0 Å². The second-order valence-corrected chi connectivity index (χ2v) is 4.79. The van der Waals surface area contributed by atoms with Crippen LogP contribution in [0.2, 0.25) is 0 Å². The van der Waals surface area contributed by atoms with Crippen LogP contribution in [0.15, 0.2) is 0 Å². The molecule has 94 valence electrons. The van der Waals surface area contributed by atoms with Gasteiger partial charge in [0.1, 0.15) is 6.10 Å². The number of hydrogen-bond acceptors (Lipinski definition) is 3. The summed E-state index contributed by atoms with van der Waals surface area (Å²) < 4.78 is 5.66. The van der Waals surface area contributed by atoms with E-state index in [4.69, 9.17) is 10.5 Å². The van der Waals surface area contributed by atoms with Gasteiger partial charge in [0.2, 0.25) is 5.91 Å². The van der Waals surface area contributed by atoms with Crippen molar-refractivity contribution in [1.82, 2.24) is 5.32 Å². The average molecular weight is 228 g/mol. The number of nitrogens with one attached hydrogen (secondary N) is 1. The van der Waals surface area contributed by atoms with Crippen LogP contribution in [0.1, 0.15) is 40.0 Å². The highest BCUT2D eigenvalue weighted by atomic mass is 16.5. The van der Waals surface area contributed by atoms with Gasteiger partial charge in [-0.15, -0.1) is 0 Å². The van der Waals surface area contributed by atoms with Crippen molar-refractivity contribution in [2.24, 2.45) is 11.7 Å². The normalized spacial score (nSPS) is 28.0. The van der Waals surface area contributed by atoms with E-state index in [-0.39, 0.29) is 24.2 Å². The van der Waals surface area contributed by atoms with Crippen molar-refractivity contribution in [3.8, 4) is 0 Å². The molecule has 0 radical (unpaired) electrons. The molecule has 0 spiro atoms. The van der Waals surface area contributed by atoms with Crippen LogP contribution in [0.3, 0.4) is 0 Å². The topological polar surface area (TPSA) is 64.3 Å². The SMILES string of the molecule is CCC(C)NC(=O)C(C)OC1CC(CN)C1. The molecule has 0 heterocycles. The molecule has 1 saturated carbocycles. The van der Waals surface area contributed by atoms with Gasteiger partial charge in [-0.05, 0) is 45.6 Å². The molecule has 2 atom stereocenters. The molecule has 4 heteroatoms. The molecule has 0 aromatic heterocycles. The zero-order valence-corrected chi connectivity index (χ0v) is 10.5. The van der Waals surface area contributed by atoms with Crippen LogP contribution in [-0.4, -0.2) is 30.7 Å². The minimum absolute atomic E-state index is 0.00875. The summed E-state index contributed by atoms with van der Waals surface area (Å²) in [5.74, 6) is 0.584. The summed E-state index contributed by atoms with van der Waals surface area (Å²) in [5, 5.41) is 2.92. The first kappa shape index (κ1) is 13.5. The van der Waals surface area contributed by atoms with E-state index in [0.717, 1.165) is 25.8 Å². The van der Waals surface area contributed by atoms with Crippen molar-refractivity contribution in [3.05, 3.63) is 0 Å². The van der Waals surface area contributed by atoms with E-state index in [1.54, 1.807) is 0 Å². The lowest BCUT2D eigenvalue weighted by atomic mass is 9.82. The zero-order valence-electron chi connectivity index (χ0n) is 10.5. The minimum atomic E-state index is -0.349. The molecule has 0 bridgehead atoms. The van der Waals surface area contributed by atoms with E-state index in [1.165, 1.54) is 0 Å². The first-order chi connectivity index (χ1) is 7.56. The molecule has 0 aliphatic heterocycles. The Morgan fingerprint density at radius 1 is 1.50 bits per heavy atom. The number of amides is 1. The molecule has 0 aromatic carbocycles. The summed E-state index contributed by atoms with van der Waals surface area (Å²) in [4.78, 5) is 11.7. The van der Waals surface area contributed by atoms with E-state index in [9.17, 15) is 4.79 Å². The summed E-state index contributed by atoms with van der Waals surface area (Å²) in [6.45, 7) is 6.59. The lowest BCUT2D eigenvalue weighted by molar-refractivity contribution is -0.141. The van der Waals surface area contributed by atoms with Crippen molar-refractivity contribution in [1.29, 1.82) is 0 Å². The monoisotopic (exact) mass is 228 g/mol. The van der Waals surface area contributed by atoms with Crippen molar-refractivity contribution in [2.45, 2.75) is 58.3 Å². The van der Waals surface area contributed by atoms with Crippen LogP contribution in [0.25, 0.3) is 0 Å². The Labute approximate surface area is 97.9 Å². The number of ether oxygens (including phenoxy) is 1. The maximum absolute atomic E-state index is 11.7. The number of nitrogens with two attached hydrogens (primary N) is 1. The molecular weight excluding hydrogens is 204 g/mol. The van der Waals surface area contributed by atoms with Crippen LogP contribution in [-0.2, 0) is 9.53 Å². The van der Waals surface area contributed by atoms with Crippen molar-refractivity contribution >= 4 is 5.91 Å². The van der Waals surface area contributed by atoms with Crippen LogP contribution in [0, 0.1) is 5.92 Å². The van der Waals surface area contributed by atoms with Gasteiger partial charge in [0, 0.05) is 6.04 Å². The molecule has 2 unspecified atom stereocenters.